The highest BCUT2D eigenvalue weighted by Crippen LogP contribution is 2.38. The average Bonchev–Trinajstić information content (AvgIpc) is 3.24. The molecular formula is C16H24N2O2S. The van der Waals surface area contributed by atoms with E-state index in [0.29, 0.717) is 12.6 Å². The van der Waals surface area contributed by atoms with Gasteiger partial charge >= 0.3 is 6.03 Å². The molecule has 2 heterocycles. The summed E-state index contributed by atoms with van der Waals surface area (Å²) in [7, 11) is 0. The van der Waals surface area contributed by atoms with Gasteiger partial charge in [-0.25, -0.2) is 4.79 Å². The van der Waals surface area contributed by atoms with Crippen LogP contribution in [0.3, 0.4) is 0 Å². The normalized spacial score (nSPS) is 25.6. The van der Waals surface area contributed by atoms with E-state index in [-0.39, 0.29) is 12.1 Å². The van der Waals surface area contributed by atoms with Gasteiger partial charge in [0.25, 0.3) is 0 Å². The molecule has 21 heavy (non-hydrogen) atoms. The molecule has 1 saturated heterocycles. The second-order valence-electron chi connectivity index (χ2n) is 6.02. The zero-order valence-corrected chi connectivity index (χ0v) is 13.4. The number of aryl methyl sites for hydroxylation is 1. The molecular weight excluding hydrogens is 284 g/mol. The Kier molecular flexibility index (Phi) is 4.80. The molecule has 2 amide bonds. The van der Waals surface area contributed by atoms with Crippen LogP contribution in [0.2, 0.25) is 0 Å². The van der Waals surface area contributed by atoms with Crippen LogP contribution in [0.5, 0.6) is 0 Å². The number of ether oxygens (including phenoxy) is 1. The van der Waals surface area contributed by atoms with Crippen LogP contribution in [-0.2, 0) is 17.7 Å². The molecule has 4 nitrogen and oxygen atoms in total. The summed E-state index contributed by atoms with van der Waals surface area (Å²) in [6.07, 6.45) is 5.87. The zero-order chi connectivity index (χ0) is 14.7. The van der Waals surface area contributed by atoms with Crippen molar-refractivity contribution in [2.24, 2.45) is 5.92 Å². The molecule has 5 heteroatoms. The molecule has 0 aromatic carbocycles. The summed E-state index contributed by atoms with van der Waals surface area (Å²) in [5.41, 5.74) is 1.33. The first-order chi connectivity index (χ1) is 10.3. The maximum atomic E-state index is 12.0. The lowest BCUT2D eigenvalue weighted by molar-refractivity contribution is -0.00914. The highest BCUT2D eigenvalue weighted by Gasteiger charge is 2.36. The highest BCUT2D eigenvalue weighted by molar-refractivity contribution is 7.10. The molecule has 1 aromatic rings. The largest absolute Gasteiger partial charge is 0.378 e. The lowest BCUT2D eigenvalue weighted by Crippen LogP contribution is -2.46. The van der Waals surface area contributed by atoms with E-state index < -0.39 is 0 Å². The summed E-state index contributed by atoms with van der Waals surface area (Å²) in [6.45, 7) is 3.55. The number of carbonyl (C=O) groups is 1. The van der Waals surface area contributed by atoms with Crippen molar-refractivity contribution in [2.45, 2.75) is 57.7 Å². The Morgan fingerprint density at radius 2 is 2.29 bits per heavy atom. The van der Waals surface area contributed by atoms with Gasteiger partial charge in [0.2, 0.25) is 0 Å². The van der Waals surface area contributed by atoms with Crippen molar-refractivity contribution in [1.82, 2.24) is 10.6 Å². The number of thiophene rings is 1. The van der Waals surface area contributed by atoms with Crippen molar-refractivity contribution in [3.63, 3.8) is 0 Å². The molecule has 3 rings (SSSR count). The third-order valence-corrected chi connectivity index (χ3v) is 5.39. The predicted molar refractivity (Wildman–Crippen MR) is 84.6 cm³/mol. The topological polar surface area (TPSA) is 50.4 Å². The Bertz CT molecular complexity index is 484. The van der Waals surface area contributed by atoms with Crippen LogP contribution in [0, 0.1) is 5.92 Å². The van der Waals surface area contributed by atoms with Crippen LogP contribution in [0.15, 0.2) is 11.4 Å². The molecule has 2 N–H and O–H groups in total. The lowest BCUT2D eigenvalue weighted by atomic mass is 10.0. The molecule has 0 unspecified atom stereocenters. The van der Waals surface area contributed by atoms with Crippen molar-refractivity contribution in [3.8, 4) is 0 Å². The number of carbonyl (C=O) groups excluding carboxylic acids is 1. The van der Waals surface area contributed by atoms with Crippen molar-refractivity contribution in [2.75, 3.05) is 6.61 Å². The van der Waals surface area contributed by atoms with Crippen molar-refractivity contribution >= 4 is 17.4 Å². The summed E-state index contributed by atoms with van der Waals surface area (Å²) in [5, 5.41) is 8.18. The average molecular weight is 308 g/mol. The number of hydrogen-bond donors (Lipinski definition) is 2. The molecule has 2 aliphatic rings. The molecule has 1 aromatic heterocycles. The summed E-state index contributed by atoms with van der Waals surface area (Å²) in [6, 6.07) is 2.35. The van der Waals surface area contributed by atoms with Gasteiger partial charge < -0.3 is 15.4 Å². The molecule has 1 saturated carbocycles. The minimum atomic E-state index is -0.0492. The first-order valence-corrected chi connectivity index (χ1v) is 8.85. The fraction of sp³-hybridized carbons (Fsp3) is 0.688. The van der Waals surface area contributed by atoms with E-state index in [1.165, 1.54) is 23.3 Å². The number of amides is 2. The lowest BCUT2D eigenvalue weighted by Gasteiger charge is -2.30. The standard InChI is InChI=1S/C16H24N2O2S/c1-2-11-6-8-21-15(11)10-17-16(19)18-13-5-7-20-14(9-13)12-3-4-12/h6,8,12-14H,2-5,7,9-10H2,1H3,(H2,17,18,19)/t13-,14-/m1/s1. The van der Waals surface area contributed by atoms with E-state index in [9.17, 15) is 4.79 Å². The maximum absolute atomic E-state index is 12.0. The van der Waals surface area contributed by atoms with Crippen LogP contribution in [-0.4, -0.2) is 24.8 Å². The first kappa shape index (κ1) is 14.9. The fourth-order valence-electron chi connectivity index (χ4n) is 2.99. The minimum Gasteiger partial charge on any atom is -0.378 e. The van der Waals surface area contributed by atoms with Crippen LogP contribution >= 0.6 is 11.3 Å². The molecule has 0 radical (unpaired) electrons. The SMILES string of the molecule is CCc1ccsc1CNC(=O)N[C@@H]1CCO[C@@H](C2CC2)C1. The summed E-state index contributed by atoms with van der Waals surface area (Å²) in [4.78, 5) is 13.3. The van der Waals surface area contributed by atoms with Crippen LogP contribution in [0.1, 0.15) is 43.0 Å². The van der Waals surface area contributed by atoms with E-state index >= 15 is 0 Å². The van der Waals surface area contributed by atoms with Crippen molar-refractivity contribution in [1.29, 1.82) is 0 Å². The Labute approximate surface area is 130 Å². The van der Waals surface area contributed by atoms with Crippen LogP contribution in [0.4, 0.5) is 4.79 Å². The molecule has 1 aliphatic heterocycles. The van der Waals surface area contributed by atoms with E-state index in [2.05, 4.69) is 29.0 Å². The predicted octanol–water partition coefficient (Wildman–Crippen LogP) is 3.07. The first-order valence-electron chi connectivity index (χ1n) is 7.97. The van der Waals surface area contributed by atoms with E-state index in [1.54, 1.807) is 11.3 Å². The molecule has 1 aliphatic carbocycles. The Morgan fingerprint density at radius 1 is 1.43 bits per heavy atom. The van der Waals surface area contributed by atoms with Gasteiger partial charge in [-0.3, -0.25) is 0 Å². The van der Waals surface area contributed by atoms with E-state index in [1.807, 2.05) is 0 Å². The molecule has 0 spiro atoms. The van der Waals surface area contributed by atoms with Gasteiger partial charge in [-0.2, -0.15) is 0 Å². The van der Waals surface area contributed by atoms with Crippen molar-refractivity contribution in [3.05, 3.63) is 21.9 Å². The summed E-state index contributed by atoms with van der Waals surface area (Å²) < 4.78 is 5.79. The number of urea groups is 1. The van der Waals surface area contributed by atoms with Gasteiger partial charge in [-0.05, 0) is 55.0 Å². The summed E-state index contributed by atoms with van der Waals surface area (Å²) >= 11 is 1.71. The third-order valence-electron chi connectivity index (χ3n) is 4.43. The van der Waals surface area contributed by atoms with E-state index in [4.69, 9.17) is 4.74 Å². The van der Waals surface area contributed by atoms with Crippen LogP contribution < -0.4 is 10.6 Å². The van der Waals surface area contributed by atoms with Crippen LogP contribution in [0.25, 0.3) is 0 Å². The molecule has 116 valence electrons. The van der Waals surface area contributed by atoms with Gasteiger partial charge in [-0.1, -0.05) is 6.92 Å². The Balaban J connectivity index is 1.43. The van der Waals surface area contributed by atoms with Gasteiger partial charge in [0.1, 0.15) is 0 Å². The van der Waals surface area contributed by atoms with E-state index in [0.717, 1.165) is 31.8 Å². The fourth-order valence-corrected chi connectivity index (χ4v) is 3.91. The molecule has 0 bridgehead atoms. The smallest absolute Gasteiger partial charge is 0.315 e. The quantitative estimate of drug-likeness (QED) is 0.878. The second kappa shape index (κ2) is 6.79. The Morgan fingerprint density at radius 3 is 3.05 bits per heavy atom. The van der Waals surface area contributed by atoms with Gasteiger partial charge in [-0.15, -0.1) is 11.3 Å². The van der Waals surface area contributed by atoms with Gasteiger partial charge in [0.05, 0.1) is 12.6 Å². The monoisotopic (exact) mass is 308 g/mol. The Hall–Kier alpha value is -1.07. The molecule has 2 atom stereocenters. The number of hydrogen-bond acceptors (Lipinski definition) is 3. The van der Waals surface area contributed by atoms with Gasteiger partial charge in [0, 0.05) is 17.5 Å². The zero-order valence-electron chi connectivity index (χ0n) is 12.6. The highest BCUT2D eigenvalue weighted by atomic mass is 32.1. The molecule has 2 fully saturated rings. The minimum absolute atomic E-state index is 0.0492. The summed E-state index contributed by atoms with van der Waals surface area (Å²) in [5.74, 6) is 0.746. The number of rotatable bonds is 5. The van der Waals surface area contributed by atoms with Crippen molar-refractivity contribution < 1.29 is 9.53 Å². The number of nitrogens with one attached hydrogen (secondary N) is 2. The van der Waals surface area contributed by atoms with Gasteiger partial charge in [0.15, 0.2) is 0 Å². The third kappa shape index (κ3) is 3.98. The maximum Gasteiger partial charge on any atom is 0.315 e. The second-order valence-corrected chi connectivity index (χ2v) is 7.02.